The number of esters is 2. The van der Waals surface area contributed by atoms with Gasteiger partial charge in [-0.1, -0.05) is 290 Å². The van der Waals surface area contributed by atoms with E-state index in [1.807, 2.05) is 0 Å². The summed E-state index contributed by atoms with van der Waals surface area (Å²) in [5, 5.41) is 0. The quantitative estimate of drug-likeness (QED) is 0.0264. The van der Waals surface area contributed by atoms with Crippen molar-refractivity contribution in [2.75, 3.05) is 26.4 Å². The Bertz CT molecular complexity index is 1690. The number of nitrogens with two attached hydrogens (primary N) is 1. The summed E-state index contributed by atoms with van der Waals surface area (Å²) < 4.78 is 33.1. The molecule has 0 aromatic rings. The number of phosphoric ester groups is 1. The van der Waals surface area contributed by atoms with Crippen LogP contribution in [0.5, 0.6) is 0 Å². The van der Waals surface area contributed by atoms with E-state index in [-0.39, 0.29) is 38.6 Å². The van der Waals surface area contributed by atoms with Crippen molar-refractivity contribution in [3.05, 3.63) is 109 Å². The largest absolute Gasteiger partial charge is 0.472 e. The van der Waals surface area contributed by atoms with Gasteiger partial charge in [-0.2, -0.15) is 0 Å². The number of phosphoric acid groups is 1. The first-order valence-electron chi connectivity index (χ1n) is 33.4. The fourth-order valence-corrected chi connectivity index (χ4v) is 10.0. The first-order valence-corrected chi connectivity index (χ1v) is 34.9. The monoisotopic (exact) mass is 1150 g/mol. The van der Waals surface area contributed by atoms with Gasteiger partial charge in [-0.05, 0) is 103 Å². The van der Waals surface area contributed by atoms with Gasteiger partial charge >= 0.3 is 19.8 Å². The number of ether oxygens (including phenoxy) is 2. The van der Waals surface area contributed by atoms with Crippen LogP contribution in [0.15, 0.2) is 109 Å². The van der Waals surface area contributed by atoms with Crippen LogP contribution in [0, 0.1) is 0 Å². The number of allylic oxidation sites excluding steroid dienone is 18. The first kappa shape index (κ1) is 77.7. The van der Waals surface area contributed by atoms with E-state index in [1.54, 1.807) is 0 Å². The van der Waals surface area contributed by atoms with Crippen molar-refractivity contribution in [3.8, 4) is 0 Å². The lowest BCUT2D eigenvalue weighted by atomic mass is 10.0. The smallest absolute Gasteiger partial charge is 0.462 e. The molecule has 2 unspecified atom stereocenters. The molecule has 0 aliphatic carbocycles. The molecule has 0 aliphatic rings. The van der Waals surface area contributed by atoms with Crippen molar-refractivity contribution in [2.45, 2.75) is 302 Å². The van der Waals surface area contributed by atoms with Crippen LogP contribution in [0.1, 0.15) is 296 Å². The van der Waals surface area contributed by atoms with Crippen molar-refractivity contribution >= 4 is 19.8 Å². The minimum atomic E-state index is -4.40. The summed E-state index contributed by atoms with van der Waals surface area (Å²) in [7, 11) is -4.40. The third-order valence-corrected chi connectivity index (χ3v) is 15.1. The summed E-state index contributed by atoms with van der Waals surface area (Å²) in [6.45, 7) is 3.64. The number of unbranched alkanes of at least 4 members (excludes halogenated alkanes) is 31. The van der Waals surface area contributed by atoms with Crippen LogP contribution < -0.4 is 5.73 Å². The van der Waals surface area contributed by atoms with Gasteiger partial charge in [0.1, 0.15) is 6.61 Å². The highest BCUT2D eigenvalue weighted by Gasteiger charge is 2.26. The lowest BCUT2D eigenvalue weighted by Gasteiger charge is -2.19. The Morgan fingerprint density at radius 3 is 1.01 bits per heavy atom. The molecular formula is C71H124NO8P. The highest BCUT2D eigenvalue weighted by Crippen LogP contribution is 2.43. The molecule has 0 saturated carbocycles. The summed E-state index contributed by atoms with van der Waals surface area (Å²) in [4.78, 5) is 35.3. The van der Waals surface area contributed by atoms with E-state index in [2.05, 4.69) is 123 Å². The number of hydrogen-bond donors (Lipinski definition) is 2. The molecule has 3 N–H and O–H groups in total. The van der Waals surface area contributed by atoms with Gasteiger partial charge in [-0.15, -0.1) is 0 Å². The second-order valence-electron chi connectivity index (χ2n) is 22.0. The van der Waals surface area contributed by atoms with E-state index in [0.717, 1.165) is 96.3 Å². The van der Waals surface area contributed by atoms with Gasteiger partial charge in [0.25, 0.3) is 0 Å². The first-order chi connectivity index (χ1) is 39.8. The van der Waals surface area contributed by atoms with E-state index >= 15 is 0 Å². The maximum Gasteiger partial charge on any atom is 0.472 e. The van der Waals surface area contributed by atoms with Crippen molar-refractivity contribution in [3.63, 3.8) is 0 Å². The molecule has 0 bridgehead atoms. The van der Waals surface area contributed by atoms with Crippen LogP contribution in [0.2, 0.25) is 0 Å². The van der Waals surface area contributed by atoms with Crippen molar-refractivity contribution in [1.82, 2.24) is 0 Å². The van der Waals surface area contributed by atoms with Gasteiger partial charge in [-0.25, -0.2) is 4.57 Å². The summed E-state index contributed by atoms with van der Waals surface area (Å²) in [6, 6.07) is 0. The predicted octanol–water partition coefficient (Wildman–Crippen LogP) is 21.7. The lowest BCUT2D eigenvalue weighted by molar-refractivity contribution is -0.161. The molecule has 0 spiro atoms. The minimum absolute atomic E-state index is 0.0484. The molecular weight excluding hydrogens is 1030 g/mol. The van der Waals surface area contributed by atoms with Gasteiger partial charge in [0, 0.05) is 19.4 Å². The Hall–Kier alpha value is -3.33. The topological polar surface area (TPSA) is 134 Å². The zero-order valence-corrected chi connectivity index (χ0v) is 53.1. The Kier molecular flexibility index (Phi) is 63.1. The Balaban J connectivity index is 3.94. The van der Waals surface area contributed by atoms with Crippen LogP contribution in [0.25, 0.3) is 0 Å². The van der Waals surface area contributed by atoms with E-state index in [0.29, 0.717) is 6.42 Å². The third-order valence-electron chi connectivity index (χ3n) is 14.1. The highest BCUT2D eigenvalue weighted by atomic mass is 31.2. The van der Waals surface area contributed by atoms with E-state index in [4.69, 9.17) is 24.3 Å². The molecule has 0 saturated heterocycles. The van der Waals surface area contributed by atoms with Gasteiger partial charge in [0.2, 0.25) is 0 Å². The number of carbonyl (C=O) groups excluding carboxylic acids is 2. The molecule has 0 rings (SSSR count). The average molecular weight is 1150 g/mol. The summed E-state index contributed by atoms with van der Waals surface area (Å²) in [5.74, 6) is -0.831. The molecule has 0 fully saturated rings. The highest BCUT2D eigenvalue weighted by molar-refractivity contribution is 7.47. The molecule has 9 nitrogen and oxygen atoms in total. The fourth-order valence-electron chi connectivity index (χ4n) is 9.24. The maximum absolute atomic E-state index is 12.8. The molecule has 0 aromatic carbocycles. The minimum Gasteiger partial charge on any atom is -0.462 e. The SMILES string of the molecule is CC/C=C\C/C=C\C/C=C\C/C=C\C/C=C\C/C=C\C/C=C\CCCCCCCCCCCC(=O)OC(COC(=O)CCCCCCCCCCCCCCCCCCC/C=C\C/C=C\CCCCCCC)COP(=O)(O)OCCN. The second kappa shape index (κ2) is 65.8. The van der Waals surface area contributed by atoms with Gasteiger partial charge in [-0.3, -0.25) is 18.6 Å². The van der Waals surface area contributed by atoms with Crippen molar-refractivity contribution < 1.29 is 37.6 Å². The van der Waals surface area contributed by atoms with Crippen LogP contribution in [-0.2, 0) is 32.7 Å². The van der Waals surface area contributed by atoms with Crippen LogP contribution >= 0.6 is 7.82 Å². The van der Waals surface area contributed by atoms with Gasteiger partial charge in [0.05, 0.1) is 13.2 Å². The molecule has 0 radical (unpaired) electrons. The second-order valence-corrected chi connectivity index (χ2v) is 23.4. The Morgan fingerprint density at radius 2 is 0.679 bits per heavy atom. The molecule has 0 aliphatic heterocycles. The maximum atomic E-state index is 12.8. The van der Waals surface area contributed by atoms with Crippen LogP contribution in [0.4, 0.5) is 0 Å². The zero-order valence-electron chi connectivity index (χ0n) is 52.2. The predicted molar refractivity (Wildman–Crippen MR) is 348 cm³/mol. The summed E-state index contributed by atoms with van der Waals surface area (Å²) >= 11 is 0. The van der Waals surface area contributed by atoms with E-state index in [1.165, 1.54) is 167 Å². The Morgan fingerprint density at radius 1 is 0.383 bits per heavy atom. The normalized spacial score (nSPS) is 13.7. The number of hydrogen-bond acceptors (Lipinski definition) is 8. The average Bonchev–Trinajstić information content (AvgIpc) is 3.46. The summed E-state index contributed by atoms with van der Waals surface area (Å²) in [6.07, 6.45) is 90.2. The zero-order chi connectivity index (χ0) is 58.7. The number of rotatable bonds is 62. The lowest BCUT2D eigenvalue weighted by Crippen LogP contribution is -2.29. The molecule has 0 aromatic heterocycles. The van der Waals surface area contributed by atoms with Crippen molar-refractivity contribution in [1.29, 1.82) is 0 Å². The van der Waals surface area contributed by atoms with Gasteiger partial charge < -0.3 is 20.1 Å². The van der Waals surface area contributed by atoms with Crippen molar-refractivity contribution in [2.24, 2.45) is 5.73 Å². The third kappa shape index (κ3) is 65.7. The fraction of sp³-hybridized carbons (Fsp3) is 0.718. The molecule has 10 heteroatoms. The van der Waals surface area contributed by atoms with E-state index in [9.17, 15) is 19.0 Å². The summed E-state index contributed by atoms with van der Waals surface area (Å²) in [5.41, 5.74) is 5.40. The molecule has 81 heavy (non-hydrogen) atoms. The standard InChI is InChI=1S/C71H124NO8P/c1-3-5-7-9-11-13-15-17-19-21-23-25-27-29-31-33-34-36-38-40-42-44-46-48-50-52-54-56-58-60-62-64-71(74)80-69(68-79-81(75,76)78-66-65-72)67-77-70(73)63-61-59-57-55-53-51-49-47-45-43-41-39-37-35-32-30-28-26-24-22-20-18-16-14-12-10-8-6-4-2/h5,7,11,13,16-19,22-25,29,31,34,36,40,42,69H,3-4,6,8-10,12,14-15,20-21,26-28,30,32-33,35,37-39,41,43-68,72H2,1-2H3,(H,75,76)/b7-5-,13-11-,18-16-,19-17-,24-22-,25-23-,31-29-,36-34-,42-40-. The number of carbonyl (C=O) groups is 2. The van der Waals surface area contributed by atoms with Crippen LogP contribution in [-0.4, -0.2) is 49.3 Å². The molecule has 2 atom stereocenters. The van der Waals surface area contributed by atoms with Gasteiger partial charge in [0.15, 0.2) is 6.10 Å². The molecule has 466 valence electrons. The molecule has 0 heterocycles. The van der Waals surface area contributed by atoms with E-state index < -0.39 is 26.5 Å². The van der Waals surface area contributed by atoms with Crippen LogP contribution in [0.3, 0.4) is 0 Å². The molecule has 0 amide bonds. The Labute approximate surface area is 499 Å².